The number of hydrogen-bond donors (Lipinski definition) is 0. The Hall–Kier alpha value is -1.29. The topological polar surface area (TPSA) is 26.3 Å². The van der Waals surface area contributed by atoms with E-state index in [-0.39, 0.29) is 12.2 Å². The average Bonchev–Trinajstić information content (AvgIpc) is 2.77. The highest BCUT2D eigenvalue weighted by molar-refractivity contribution is 5.98. The summed E-state index contributed by atoms with van der Waals surface area (Å²) in [5, 5.41) is 0. The van der Waals surface area contributed by atoms with Gasteiger partial charge in [0.25, 0.3) is 0 Å². The second-order valence-corrected chi connectivity index (χ2v) is 3.98. The third-order valence-corrected chi connectivity index (χ3v) is 2.83. The van der Waals surface area contributed by atoms with E-state index in [1.807, 2.05) is 0 Å². The van der Waals surface area contributed by atoms with Gasteiger partial charge in [0.1, 0.15) is 11.6 Å². The van der Waals surface area contributed by atoms with Crippen molar-refractivity contribution < 1.29 is 18.3 Å². The summed E-state index contributed by atoms with van der Waals surface area (Å²) in [6, 6.07) is 2.45. The zero-order chi connectivity index (χ0) is 11.7. The molecule has 4 heteroatoms. The summed E-state index contributed by atoms with van der Waals surface area (Å²) >= 11 is 0. The zero-order valence-corrected chi connectivity index (χ0v) is 8.93. The van der Waals surface area contributed by atoms with Crippen LogP contribution in [0.3, 0.4) is 0 Å². The number of Topliss-reactive ketones (excluding diaryl/α,β-unsaturated/α-hetero) is 1. The highest BCUT2D eigenvalue weighted by atomic mass is 19.1. The lowest BCUT2D eigenvalue weighted by molar-refractivity contribution is 0.0891. The highest BCUT2D eigenvalue weighted by Gasteiger charge is 2.29. The first-order valence-corrected chi connectivity index (χ1v) is 5.18. The molecule has 1 fully saturated rings. The fourth-order valence-corrected chi connectivity index (χ4v) is 1.83. The predicted molar refractivity (Wildman–Crippen MR) is 54.4 cm³/mol. The van der Waals surface area contributed by atoms with Crippen LogP contribution >= 0.6 is 0 Å². The number of hydrogen-bond acceptors (Lipinski definition) is 2. The molecule has 2 rings (SSSR count). The Balaban J connectivity index is 2.39. The largest absolute Gasteiger partial charge is 0.381 e. The van der Waals surface area contributed by atoms with Crippen LogP contribution in [-0.2, 0) is 4.74 Å². The first-order chi connectivity index (χ1) is 7.61. The first-order valence-electron chi connectivity index (χ1n) is 5.18. The normalized spacial score (nSPS) is 20.1. The molecule has 1 aliphatic rings. The summed E-state index contributed by atoms with van der Waals surface area (Å²) in [6.45, 7) is 2.24. The van der Waals surface area contributed by atoms with Crippen molar-refractivity contribution in [1.29, 1.82) is 0 Å². The lowest BCUT2D eigenvalue weighted by Gasteiger charge is -2.09. The number of carbonyl (C=O) groups is 1. The molecule has 0 radical (unpaired) electrons. The van der Waals surface area contributed by atoms with E-state index in [9.17, 15) is 13.6 Å². The fourth-order valence-electron chi connectivity index (χ4n) is 1.83. The minimum atomic E-state index is -0.792. The molecule has 16 heavy (non-hydrogen) atoms. The number of ether oxygens (including phenoxy) is 1. The van der Waals surface area contributed by atoms with Gasteiger partial charge in [0.2, 0.25) is 0 Å². The summed E-state index contributed by atoms with van der Waals surface area (Å²) in [5.41, 5.74) is -0.140. The second-order valence-electron chi connectivity index (χ2n) is 3.98. The Morgan fingerprint density at radius 1 is 1.44 bits per heavy atom. The second kappa shape index (κ2) is 4.29. The Labute approximate surface area is 92.2 Å². The molecule has 1 aromatic carbocycles. The van der Waals surface area contributed by atoms with Crippen LogP contribution in [0.2, 0.25) is 0 Å². The summed E-state index contributed by atoms with van der Waals surface area (Å²) in [4.78, 5) is 11.9. The van der Waals surface area contributed by atoms with Crippen molar-refractivity contribution in [2.45, 2.75) is 13.3 Å². The number of carbonyl (C=O) groups excluding carboxylic acids is 1. The molecule has 0 saturated carbocycles. The molecule has 1 saturated heterocycles. The summed E-state index contributed by atoms with van der Waals surface area (Å²) < 4.78 is 32.1. The number of rotatable bonds is 2. The number of aryl methyl sites for hydroxylation is 1. The molecule has 1 heterocycles. The molecule has 0 bridgehead atoms. The maximum atomic E-state index is 13.7. The molecule has 1 unspecified atom stereocenters. The van der Waals surface area contributed by atoms with E-state index >= 15 is 0 Å². The molecule has 0 aromatic heterocycles. The van der Waals surface area contributed by atoms with Crippen molar-refractivity contribution in [3.8, 4) is 0 Å². The lowest BCUT2D eigenvalue weighted by Crippen LogP contribution is -2.18. The fraction of sp³-hybridized carbons (Fsp3) is 0.417. The zero-order valence-electron chi connectivity index (χ0n) is 8.93. The predicted octanol–water partition coefficient (Wildman–Crippen LogP) is 2.49. The van der Waals surface area contributed by atoms with Gasteiger partial charge in [-0.2, -0.15) is 0 Å². The van der Waals surface area contributed by atoms with E-state index in [2.05, 4.69) is 0 Å². The quantitative estimate of drug-likeness (QED) is 0.724. The Kier molecular flexibility index (Phi) is 3.01. The Morgan fingerprint density at radius 3 is 2.81 bits per heavy atom. The van der Waals surface area contributed by atoms with Crippen molar-refractivity contribution in [3.05, 3.63) is 34.9 Å². The highest BCUT2D eigenvalue weighted by Crippen LogP contribution is 2.23. The van der Waals surface area contributed by atoms with E-state index in [1.165, 1.54) is 13.0 Å². The van der Waals surface area contributed by atoms with Crippen LogP contribution in [0.25, 0.3) is 0 Å². The van der Waals surface area contributed by atoms with Gasteiger partial charge in [-0.15, -0.1) is 0 Å². The van der Waals surface area contributed by atoms with Gasteiger partial charge < -0.3 is 4.74 Å². The van der Waals surface area contributed by atoms with Crippen LogP contribution in [0.5, 0.6) is 0 Å². The Bertz CT molecular complexity index is 423. The van der Waals surface area contributed by atoms with E-state index in [1.54, 1.807) is 0 Å². The third-order valence-electron chi connectivity index (χ3n) is 2.83. The van der Waals surface area contributed by atoms with E-state index in [0.717, 1.165) is 6.07 Å². The molecule has 86 valence electrons. The third kappa shape index (κ3) is 1.85. The van der Waals surface area contributed by atoms with Gasteiger partial charge in [0.15, 0.2) is 5.78 Å². The van der Waals surface area contributed by atoms with Crippen molar-refractivity contribution in [3.63, 3.8) is 0 Å². The molecule has 2 nitrogen and oxygen atoms in total. The monoisotopic (exact) mass is 226 g/mol. The molecular weight excluding hydrogens is 214 g/mol. The maximum absolute atomic E-state index is 13.7. The van der Waals surface area contributed by atoms with Gasteiger partial charge in [0, 0.05) is 12.5 Å². The van der Waals surface area contributed by atoms with Crippen LogP contribution in [0.4, 0.5) is 8.78 Å². The van der Waals surface area contributed by atoms with E-state index in [0.29, 0.717) is 13.0 Å². The van der Waals surface area contributed by atoms with Crippen molar-refractivity contribution in [1.82, 2.24) is 0 Å². The van der Waals surface area contributed by atoms with Gasteiger partial charge in [-0.05, 0) is 25.0 Å². The maximum Gasteiger partial charge on any atom is 0.174 e. The summed E-state index contributed by atoms with van der Waals surface area (Å²) in [6.07, 6.45) is 0.533. The SMILES string of the molecule is Cc1ccc(F)c(C(=O)C2CCOC2)c1F. The summed E-state index contributed by atoms with van der Waals surface area (Å²) in [7, 11) is 0. The molecule has 0 amide bonds. The molecule has 1 aromatic rings. The van der Waals surface area contributed by atoms with E-state index < -0.39 is 28.9 Å². The van der Waals surface area contributed by atoms with Gasteiger partial charge in [-0.1, -0.05) is 6.07 Å². The van der Waals surface area contributed by atoms with E-state index in [4.69, 9.17) is 4.74 Å². The van der Waals surface area contributed by atoms with Crippen LogP contribution < -0.4 is 0 Å². The standard InChI is InChI=1S/C12H12F2O2/c1-7-2-3-9(13)10(11(7)14)12(15)8-4-5-16-6-8/h2-3,8H,4-6H2,1H3. The van der Waals surface area contributed by atoms with Crippen molar-refractivity contribution in [2.24, 2.45) is 5.92 Å². The molecular formula is C12H12F2O2. The van der Waals surface area contributed by atoms with Gasteiger partial charge in [-0.25, -0.2) is 8.78 Å². The average molecular weight is 226 g/mol. The van der Waals surface area contributed by atoms with Crippen LogP contribution in [0.15, 0.2) is 12.1 Å². The van der Waals surface area contributed by atoms with Crippen LogP contribution in [0.1, 0.15) is 22.3 Å². The first kappa shape index (κ1) is 11.2. The lowest BCUT2D eigenvalue weighted by atomic mass is 9.95. The molecule has 0 N–H and O–H groups in total. The smallest absolute Gasteiger partial charge is 0.174 e. The van der Waals surface area contributed by atoms with Gasteiger partial charge >= 0.3 is 0 Å². The number of benzene rings is 1. The molecule has 0 spiro atoms. The van der Waals surface area contributed by atoms with Crippen molar-refractivity contribution >= 4 is 5.78 Å². The molecule has 0 aliphatic carbocycles. The Morgan fingerprint density at radius 2 is 2.19 bits per heavy atom. The minimum absolute atomic E-state index is 0.256. The number of halogens is 2. The minimum Gasteiger partial charge on any atom is -0.381 e. The van der Waals surface area contributed by atoms with Gasteiger partial charge in [-0.3, -0.25) is 4.79 Å². The molecule has 1 atom stereocenters. The molecule has 1 aliphatic heterocycles. The number of ketones is 1. The summed E-state index contributed by atoms with van der Waals surface area (Å²) in [5.74, 6) is -2.45. The van der Waals surface area contributed by atoms with Crippen molar-refractivity contribution in [2.75, 3.05) is 13.2 Å². The van der Waals surface area contributed by atoms with Crippen LogP contribution in [0, 0.1) is 24.5 Å². The van der Waals surface area contributed by atoms with Gasteiger partial charge in [0.05, 0.1) is 12.2 Å². The van der Waals surface area contributed by atoms with Crippen LogP contribution in [-0.4, -0.2) is 19.0 Å².